The number of aromatic nitrogens is 4. The van der Waals surface area contributed by atoms with Gasteiger partial charge in [0.05, 0.1) is 11.4 Å². The summed E-state index contributed by atoms with van der Waals surface area (Å²) < 4.78 is 6.74. The zero-order valence-electron chi connectivity index (χ0n) is 16.2. The van der Waals surface area contributed by atoms with Crippen molar-refractivity contribution in [3.8, 4) is 5.69 Å². The Bertz CT molecular complexity index is 965. The van der Waals surface area contributed by atoms with Gasteiger partial charge in [-0.05, 0) is 25.1 Å². The summed E-state index contributed by atoms with van der Waals surface area (Å²) in [5, 5.41) is 11.7. The zero-order chi connectivity index (χ0) is 20.2. The minimum absolute atomic E-state index is 0.0424. The lowest BCUT2D eigenvalue weighted by Gasteiger charge is -2.28. The first-order valence-electron chi connectivity index (χ1n) is 9.60. The molecule has 3 N–H and O–H groups in total. The van der Waals surface area contributed by atoms with E-state index in [0.717, 1.165) is 49.9 Å². The third kappa shape index (κ3) is 5.00. The van der Waals surface area contributed by atoms with E-state index in [-0.39, 0.29) is 5.91 Å². The molecule has 1 fully saturated rings. The number of quaternary nitrogens is 2. The van der Waals surface area contributed by atoms with Crippen molar-refractivity contribution in [3.05, 3.63) is 53.4 Å². The largest absolute Gasteiger partial charge is 0.361 e. The third-order valence-corrected chi connectivity index (χ3v) is 5.32. The van der Waals surface area contributed by atoms with Crippen LogP contribution in [0.4, 0.5) is 5.69 Å². The van der Waals surface area contributed by atoms with Crippen LogP contribution in [0.25, 0.3) is 5.69 Å². The monoisotopic (exact) mass is 417 g/mol. The molecule has 0 atom stereocenters. The van der Waals surface area contributed by atoms with Crippen molar-refractivity contribution in [2.45, 2.75) is 13.5 Å². The van der Waals surface area contributed by atoms with Crippen LogP contribution in [0.15, 0.2) is 41.4 Å². The van der Waals surface area contributed by atoms with E-state index in [2.05, 4.69) is 20.6 Å². The summed E-state index contributed by atoms with van der Waals surface area (Å²) in [4.78, 5) is 19.3. The smallest absolute Gasteiger partial charge is 0.279 e. The van der Waals surface area contributed by atoms with Gasteiger partial charge in [-0.1, -0.05) is 16.8 Å². The molecule has 0 radical (unpaired) electrons. The number of hydrogen-bond donors (Lipinski definition) is 3. The van der Waals surface area contributed by atoms with Gasteiger partial charge in [-0.15, -0.1) is 0 Å². The highest BCUT2D eigenvalue weighted by Gasteiger charge is 2.26. The van der Waals surface area contributed by atoms with E-state index in [1.165, 1.54) is 16.1 Å². The predicted octanol–water partition coefficient (Wildman–Crippen LogP) is -0.861. The molecule has 1 aliphatic rings. The average Bonchev–Trinajstić information content (AvgIpc) is 3.35. The van der Waals surface area contributed by atoms with Crippen LogP contribution in [0.3, 0.4) is 0 Å². The second-order valence-electron chi connectivity index (χ2n) is 7.33. The molecule has 9 nitrogen and oxygen atoms in total. The van der Waals surface area contributed by atoms with E-state index in [1.54, 1.807) is 23.1 Å². The Morgan fingerprint density at radius 3 is 2.72 bits per heavy atom. The molecule has 4 rings (SSSR count). The molecule has 1 amide bonds. The second kappa shape index (κ2) is 8.73. The molecule has 3 heterocycles. The topological polar surface area (TPSA) is 94.7 Å². The van der Waals surface area contributed by atoms with Crippen LogP contribution in [-0.4, -0.2) is 58.6 Å². The summed E-state index contributed by atoms with van der Waals surface area (Å²) in [6, 6.07) is 7.29. The zero-order valence-corrected chi connectivity index (χ0v) is 16.9. The third-order valence-electron chi connectivity index (χ3n) is 5.08. The molecule has 1 aliphatic heterocycles. The van der Waals surface area contributed by atoms with Crippen LogP contribution in [0.1, 0.15) is 11.5 Å². The number of carbonyl (C=O) groups is 1. The first-order chi connectivity index (χ1) is 14.1. The van der Waals surface area contributed by atoms with E-state index >= 15 is 0 Å². The van der Waals surface area contributed by atoms with E-state index in [0.29, 0.717) is 17.3 Å². The van der Waals surface area contributed by atoms with Crippen molar-refractivity contribution in [1.29, 1.82) is 0 Å². The molecular formula is C19H24ClN7O2+2. The summed E-state index contributed by atoms with van der Waals surface area (Å²) in [5.74, 6) is 0.797. The fourth-order valence-corrected chi connectivity index (χ4v) is 3.80. The van der Waals surface area contributed by atoms with Gasteiger partial charge in [0.2, 0.25) is 0 Å². The van der Waals surface area contributed by atoms with E-state index in [1.807, 2.05) is 19.1 Å². The summed E-state index contributed by atoms with van der Waals surface area (Å²) in [7, 11) is 0. The van der Waals surface area contributed by atoms with Crippen LogP contribution >= 0.6 is 11.6 Å². The lowest BCUT2D eigenvalue weighted by Crippen LogP contribution is -3.28. The Morgan fingerprint density at radius 1 is 1.24 bits per heavy atom. The van der Waals surface area contributed by atoms with E-state index in [9.17, 15) is 4.79 Å². The van der Waals surface area contributed by atoms with Crippen molar-refractivity contribution in [2.24, 2.45) is 0 Å². The van der Waals surface area contributed by atoms with Gasteiger partial charge in [-0.2, -0.15) is 5.10 Å². The SMILES string of the molecule is Cc1cc(C[NH+]2CC[NH+](CC(=O)Nc3cc(Cl)ccc3-n3cncn3)CC2)no1. The van der Waals surface area contributed by atoms with Gasteiger partial charge in [0.15, 0.2) is 6.54 Å². The molecule has 1 aromatic carbocycles. The number of nitrogens with zero attached hydrogens (tertiary/aromatic N) is 4. The number of anilines is 1. The Labute approximate surface area is 173 Å². The molecule has 2 aromatic heterocycles. The number of hydrogen-bond acceptors (Lipinski definition) is 5. The van der Waals surface area contributed by atoms with Gasteiger partial charge < -0.3 is 19.6 Å². The quantitative estimate of drug-likeness (QED) is 0.485. The number of benzene rings is 1. The molecule has 152 valence electrons. The van der Waals surface area contributed by atoms with Gasteiger partial charge >= 0.3 is 0 Å². The molecule has 0 unspecified atom stereocenters. The number of halogens is 1. The Balaban J connectivity index is 1.31. The number of carbonyl (C=O) groups excluding carboxylic acids is 1. The fourth-order valence-electron chi connectivity index (χ4n) is 3.63. The molecule has 29 heavy (non-hydrogen) atoms. The first-order valence-corrected chi connectivity index (χ1v) is 9.98. The Morgan fingerprint density at radius 2 is 2.03 bits per heavy atom. The highest BCUT2D eigenvalue weighted by molar-refractivity contribution is 6.31. The summed E-state index contributed by atoms with van der Waals surface area (Å²) in [6.07, 6.45) is 3.04. The molecule has 10 heteroatoms. The average molecular weight is 418 g/mol. The number of amides is 1. The summed E-state index contributed by atoms with van der Waals surface area (Å²) >= 11 is 6.12. The van der Waals surface area contributed by atoms with E-state index < -0.39 is 0 Å². The first kappa shape index (κ1) is 19.6. The molecule has 3 aromatic rings. The maximum absolute atomic E-state index is 12.6. The number of nitrogens with one attached hydrogen (secondary N) is 3. The van der Waals surface area contributed by atoms with Gasteiger partial charge in [0.25, 0.3) is 5.91 Å². The van der Waals surface area contributed by atoms with Crippen LogP contribution < -0.4 is 15.1 Å². The predicted molar refractivity (Wildman–Crippen MR) is 106 cm³/mol. The minimum Gasteiger partial charge on any atom is -0.361 e. The van der Waals surface area contributed by atoms with E-state index in [4.69, 9.17) is 16.1 Å². The maximum Gasteiger partial charge on any atom is 0.279 e. The highest BCUT2D eigenvalue weighted by atomic mass is 35.5. The highest BCUT2D eigenvalue weighted by Crippen LogP contribution is 2.23. The van der Waals surface area contributed by atoms with Crippen molar-refractivity contribution < 1.29 is 19.1 Å². The number of rotatable bonds is 6. The van der Waals surface area contributed by atoms with Crippen LogP contribution in [0.5, 0.6) is 0 Å². The van der Waals surface area contributed by atoms with Gasteiger partial charge in [-0.25, -0.2) is 9.67 Å². The van der Waals surface area contributed by atoms with Crippen LogP contribution in [0.2, 0.25) is 5.02 Å². The molecule has 0 bridgehead atoms. The van der Waals surface area contributed by atoms with Crippen molar-refractivity contribution in [3.63, 3.8) is 0 Å². The van der Waals surface area contributed by atoms with Crippen molar-refractivity contribution >= 4 is 23.2 Å². The molecule has 1 saturated heterocycles. The van der Waals surface area contributed by atoms with Gasteiger partial charge in [0, 0.05) is 11.1 Å². The number of aryl methyl sites for hydroxylation is 1. The molecular weight excluding hydrogens is 394 g/mol. The minimum atomic E-state index is -0.0424. The Kier molecular flexibility index (Phi) is 5.89. The van der Waals surface area contributed by atoms with Crippen LogP contribution in [-0.2, 0) is 11.3 Å². The Hall–Kier alpha value is -2.75. The summed E-state index contributed by atoms with van der Waals surface area (Å²) in [6.45, 7) is 7.04. The van der Waals surface area contributed by atoms with Crippen LogP contribution in [0, 0.1) is 6.92 Å². The maximum atomic E-state index is 12.6. The number of piperazine rings is 1. The van der Waals surface area contributed by atoms with Crippen molar-refractivity contribution in [2.75, 3.05) is 38.0 Å². The standard InChI is InChI=1S/C19H22ClN7O2/c1-14-8-16(24-29-14)10-25-4-6-26(7-5-25)11-19(28)23-17-9-15(20)2-3-18(17)27-13-21-12-22-27/h2-3,8-9,12-13H,4-7,10-11H2,1H3,(H,23,28)/p+2. The molecule has 0 aliphatic carbocycles. The lowest BCUT2D eigenvalue weighted by atomic mass is 10.2. The normalized spacial score (nSPS) is 19.2. The van der Waals surface area contributed by atoms with Gasteiger partial charge in [0.1, 0.15) is 56.8 Å². The second-order valence-corrected chi connectivity index (χ2v) is 7.77. The summed E-state index contributed by atoms with van der Waals surface area (Å²) in [5.41, 5.74) is 2.34. The van der Waals surface area contributed by atoms with Gasteiger partial charge in [-0.3, -0.25) is 4.79 Å². The lowest BCUT2D eigenvalue weighted by molar-refractivity contribution is -1.02. The molecule has 0 spiro atoms. The fraction of sp³-hybridized carbons (Fsp3) is 0.368. The molecule has 0 saturated carbocycles. The van der Waals surface area contributed by atoms with Crippen molar-refractivity contribution in [1.82, 2.24) is 19.9 Å².